The zero-order chi connectivity index (χ0) is 18.1. The smallest absolute Gasteiger partial charge is 0.254 e. The Labute approximate surface area is 153 Å². The number of carbonyl (C=O) groups is 2. The molecule has 2 amide bonds. The molecule has 2 rings (SSSR count). The maximum atomic E-state index is 12.8. The van der Waals surface area contributed by atoms with Gasteiger partial charge in [-0.05, 0) is 25.5 Å². The minimum atomic E-state index is -0.216. The average molecular weight is 359 g/mol. The van der Waals surface area contributed by atoms with Crippen LogP contribution < -0.4 is 5.32 Å². The molecule has 0 fully saturated rings. The van der Waals surface area contributed by atoms with Gasteiger partial charge in [-0.2, -0.15) is 0 Å². The summed E-state index contributed by atoms with van der Waals surface area (Å²) in [6.45, 7) is 4.73. The van der Waals surface area contributed by atoms with Crippen LogP contribution in [0.3, 0.4) is 0 Å². The molecule has 1 N–H and O–H groups in total. The van der Waals surface area contributed by atoms with E-state index in [4.69, 9.17) is 0 Å². The fraction of sp³-hybridized carbons (Fsp3) is 0.421. The monoisotopic (exact) mass is 359 g/mol. The number of rotatable bonds is 9. The molecule has 1 aromatic heterocycles. The quantitative estimate of drug-likeness (QED) is 0.685. The molecule has 0 atom stereocenters. The highest BCUT2D eigenvalue weighted by molar-refractivity contribution is 7.13. The second kappa shape index (κ2) is 9.93. The Kier molecular flexibility index (Phi) is 7.60. The maximum Gasteiger partial charge on any atom is 0.254 e. The first-order valence-electron chi connectivity index (χ1n) is 8.65. The van der Waals surface area contributed by atoms with Crippen molar-refractivity contribution < 1.29 is 9.59 Å². The Morgan fingerprint density at radius 2 is 2.08 bits per heavy atom. The van der Waals surface area contributed by atoms with E-state index in [2.05, 4.69) is 17.2 Å². The van der Waals surface area contributed by atoms with Gasteiger partial charge in [0.25, 0.3) is 5.91 Å². The molecular weight excluding hydrogens is 334 g/mol. The minimum absolute atomic E-state index is 0.0402. The normalized spacial score (nSPS) is 10.5. The van der Waals surface area contributed by atoms with Gasteiger partial charge in [-0.3, -0.25) is 9.59 Å². The molecule has 0 saturated carbocycles. The Balaban J connectivity index is 2.03. The van der Waals surface area contributed by atoms with Crippen molar-refractivity contribution in [2.45, 2.75) is 39.5 Å². The van der Waals surface area contributed by atoms with Crippen molar-refractivity contribution in [2.24, 2.45) is 0 Å². The van der Waals surface area contributed by atoms with Crippen LogP contribution in [0.5, 0.6) is 0 Å². The van der Waals surface area contributed by atoms with E-state index in [0.29, 0.717) is 17.2 Å². The van der Waals surface area contributed by atoms with E-state index < -0.39 is 0 Å². The molecule has 0 bridgehead atoms. The summed E-state index contributed by atoms with van der Waals surface area (Å²) in [5, 5.41) is 5.10. The molecule has 134 valence electrons. The average Bonchev–Trinajstić information content (AvgIpc) is 3.10. The first kappa shape index (κ1) is 19.1. The highest BCUT2D eigenvalue weighted by atomic mass is 32.1. The van der Waals surface area contributed by atoms with Crippen molar-refractivity contribution in [3.63, 3.8) is 0 Å². The van der Waals surface area contributed by atoms with E-state index in [1.54, 1.807) is 22.5 Å². The lowest BCUT2D eigenvalue weighted by Crippen LogP contribution is -2.38. The molecular formula is C19H25N3O2S. The van der Waals surface area contributed by atoms with E-state index in [-0.39, 0.29) is 18.4 Å². The lowest BCUT2D eigenvalue weighted by atomic mass is 10.1. The van der Waals surface area contributed by atoms with Gasteiger partial charge >= 0.3 is 0 Å². The number of nitrogens with zero attached hydrogens (tertiary/aromatic N) is 2. The molecule has 0 aliphatic heterocycles. The van der Waals surface area contributed by atoms with Gasteiger partial charge in [0, 0.05) is 23.7 Å². The number of benzene rings is 1. The third-order valence-electron chi connectivity index (χ3n) is 3.85. The van der Waals surface area contributed by atoms with E-state index in [0.717, 1.165) is 31.2 Å². The summed E-state index contributed by atoms with van der Waals surface area (Å²) in [5.41, 5.74) is 1.65. The number of unbranched alkanes of at least 4 members (excludes halogenated alkanes) is 3. The fourth-order valence-electron chi connectivity index (χ4n) is 2.56. The number of aryl methyl sites for hydroxylation is 1. The third-order valence-corrected chi connectivity index (χ3v) is 4.54. The lowest BCUT2D eigenvalue weighted by Gasteiger charge is -2.22. The van der Waals surface area contributed by atoms with Crippen molar-refractivity contribution in [3.05, 3.63) is 47.0 Å². The zero-order valence-corrected chi connectivity index (χ0v) is 15.6. The molecule has 2 aromatic rings. The summed E-state index contributed by atoms with van der Waals surface area (Å²) in [7, 11) is 0. The molecule has 0 saturated heterocycles. The number of hydrogen-bond acceptors (Lipinski definition) is 4. The van der Waals surface area contributed by atoms with Gasteiger partial charge in [0.15, 0.2) is 5.13 Å². The molecule has 0 aliphatic rings. The van der Waals surface area contributed by atoms with Gasteiger partial charge in [0.2, 0.25) is 5.91 Å². The van der Waals surface area contributed by atoms with Crippen molar-refractivity contribution >= 4 is 28.3 Å². The SMILES string of the molecule is CCCCCCN(CC(=O)Nc1nccs1)C(=O)c1cccc(C)c1. The number of hydrogen-bond donors (Lipinski definition) is 1. The number of nitrogens with one attached hydrogen (secondary N) is 1. The maximum absolute atomic E-state index is 12.8. The zero-order valence-electron chi connectivity index (χ0n) is 14.8. The van der Waals surface area contributed by atoms with E-state index in [9.17, 15) is 9.59 Å². The molecule has 25 heavy (non-hydrogen) atoms. The third kappa shape index (κ3) is 6.31. The Hall–Kier alpha value is -2.21. The summed E-state index contributed by atoms with van der Waals surface area (Å²) in [6.07, 6.45) is 5.87. The van der Waals surface area contributed by atoms with Gasteiger partial charge < -0.3 is 10.2 Å². The molecule has 0 aliphatic carbocycles. The summed E-state index contributed by atoms with van der Waals surface area (Å²) in [4.78, 5) is 30.8. The summed E-state index contributed by atoms with van der Waals surface area (Å²) >= 11 is 1.36. The lowest BCUT2D eigenvalue weighted by molar-refractivity contribution is -0.116. The number of amides is 2. The van der Waals surface area contributed by atoms with Crippen LogP contribution in [0.1, 0.15) is 48.5 Å². The van der Waals surface area contributed by atoms with Gasteiger partial charge in [-0.15, -0.1) is 11.3 Å². The van der Waals surface area contributed by atoms with E-state index in [1.807, 2.05) is 25.1 Å². The molecule has 6 heteroatoms. The predicted octanol–water partition coefficient (Wildman–Crippen LogP) is 4.11. The first-order chi connectivity index (χ1) is 12.1. The summed E-state index contributed by atoms with van der Waals surface area (Å²) in [5.74, 6) is -0.319. The molecule has 0 radical (unpaired) electrons. The van der Waals surface area contributed by atoms with E-state index in [1.165, 1.54) is 11.3 Å². The molecule has 0 unspecified atom stereocenters. The van der Waals surface area contributed by atoms with Gasteiger partial charge in [-0.1, -0.05) is 43.9 Å². The highest BCUT2D eigenvalue weighted by Gasteiger charge is 2.19. The molecule has 0 spiro atoms. The first-order valence-corrected chi connectivity index (χ1v) is 9.53. The predicted molar refractivity (Wildman–Crippen MR) is 102 cm³/mol. The number of carbonyl (C=O) groups excluding carboxylic acids is 2. The highest BCUT2D eigenvalue weighted by Crippen LogP contribution is 2.12. The van der Waals surface area contributed by atoms with E-state index >= 15 is 0 Å². The minimum Gasteiger partial charge on any atom is -0.329 e. The number of anilines is 1. The number of aromatic nitrogens is 1. The molecule has 1 heterocycles. The van der Waals surface area contributed by atoms with Gasteiger partial charge in [0.05, 0.1) is 0 Å². The Bertz CT molecular complexity index is 686. The van der Waals surface area contributed by atoms with Crippen molar-refractivity contribution in [1.29, 1.82) is 0 Å². The Morgan fingerprint density at radius 1 is 1.24 bits per heavy atom. The Morgan fingerprint density at radius 3 is 2.76 bits per heavy atom. The summed E-state index contributed by atoms with van der Waals surface area (Å²) < 4.78 is 0. The van der Waals surface area contributed by atoms with Crippen molar-refractivity contribution in [3.8, 4) is 0 Å². The van der Waals surface area contributed by atoms with Crippen LogP contribution in [-0.2, 0) is 4.79 Å². The van der Waals surface area contributed by atoms with Crippen LogP contribution in [-0.4, -0.2) is 34.8 Å². The largest absolute Gasteiger partial charge is 0.329 e. The van der Waals surface area contributed by atoms with Crippen LogP contribution in [0.4, 0.5) is 5.13 Å². The molecule has 1 aromatic carbocycles. The van der Waals surface area contributed by atoms with Crippen LogP contribution in [0.25, 0.3) is 0 Å². The standard InChI is InChI=1S/C19H25N3O2S/c1-3-4-5-6-11-22(14-17(23)21-19-20-10-12-25-19)18(24)16-9-7-8-15(2)13-16/h7-10,12-13H,3-6,11,14H2,1-2H3,(H,20,21,23). The topological polar surface area (TPSA) is 62.3 Å². The second-order valence-electron chi connectivity index (χ2n) is 6.04. The van der Waals surface area contributed by atoms with Gasteiger partial charge in [-0.25, -0.2) is 4.98 Å². The van der Waals surface area contributed by atoms with Crippen molar-refractivity contribution in [2.75, 3.05) is 18.4 Å². The van der Waals surface area contributed by atoms with Crippen molar-refractivity contribution in [1.82, 2.24) is 9.88 Å². The van der Waals surface area contributed by atoms with Crippen LogP contribution in [0, 0.1) is 6.92 Å². The second-order valence-corrected chi connectivity index (χ2v) is 6.94. The van der Waals surface area contributed by atoms with Crippen LogP contribution in [0.15, 0.2) is 35.8 Å². The number of thiazole rings is 1. The van der Waals surface area contributed by atoms with Crippen LogP contribution in [0.2, 0.25) is 0 Å². The molecule has 5 nitrogen and oxygen atoms in total. The van der Waals surface area contributed by atoms with Crippen LogP contribution >= 0.6 is 11.3 Å². The fourth-order valence-corrected chi connectivity index (χ4v) is 3.10. The summed E-state index contributed by atoms with van der Waals surface area (Å²) in [6, 6.07) is 7.48. The van der Waals surface area contributed by atoms with Gasteiger partial charge in [0.1, 0.15) is 6.54 Å².